The van der Waals surface area contributed by atoms with E-state index in [1.54, 1.807) is 6.33 Å². The number of hydrogen-bond donors (Lipinski definition) is 3. The molecular formula is C28H31FN6O2. The maximum absolute atomic E-state index is 13.6. The number of piperidine rings is 1. The SMILES string of the molecule is CC(C)(O)CCc1cc2c(-c3ccc(N4CC5CC(C4)N5Cc4cc(F)ccc4O)nc3)ncnc2[nH]1. The number of hydrogen-bond acceptors (Lipinski definition) is 7. The minimum absolute atomic E-state index is 0.145. The molecule has 0 spiro atoms. The van der Waals surface area contributed by atoms with Crippen LogP contribution >= 0.6 is 0 Å². The van der Waals surface area contributed by atoms with Crippen LogP contribution in [0.2, 0.25) is 0 Å². The fourth-order valence-corrected chi connectivity index (χ4v) is 5.52. The normalized spacial score (nSPS) is 19.8. The van der Waals surface area contributed by atoms with Crippen LogP contribution in [0.25, 0.3) is 22.3 Å². The molecule has 9 heteroatoms. The molecule has 3 aromatic heterocycles. The third-order valence-electron chi connectivity index (χ3n) is 7.57. The quantitative estimate of drug-likeness (QED) is 0.351. The molecule has 4 aromatic rings. The van der Waals surface area contributed by atoms with Gasteiger partial charge in [0, 0.05) is 60.1 Å². The number of aromatic amines is 1. The number of nitrogens with zero attached hydrogens (tertiary/aromatic N) is 5. The minimum atomic E-state index is -0.723. The molecule has 0 amide bonds. The van der Waals surface area contributed by atoms with Crippen LogP contribution in [0.5, 0.6) is 5.75 Å². The fraction of sp³-hybridized carbons (Fsp3) is 0.393. The van der Waals surface area contributed by atoms with Crippen molar-refractivity contribution in [3.8, 4) is 17.0 Å². The summed E-state index contributed by atoms with van der Waals surface area (Å²) in [6.07, 6.45) is 5.91. The number of phenolic OH excluding ortho intramolecular Hbond substituents is 1. The molecule has 2 unspecified atom stereocenters. The summed E-state index contributed by atoms with van der Waals surface area (Å²) in [5.41, 5.74) is 3.47. The van der Waals surface area contributed by atoms with Crippen molar-refractivity contribution in [3.05, 3.63) is 66.0 Å². The Bertz CT molecular complexity index is 1420. The maximum atomic E-state index is 13.6. The smallest absolute Gasteiger partial charge is 0.141 e. The van der Waals surface area contributed by atoms with Gasteiger partial charge in [0.2, 0.25) is 0 Å². The van der Waals surface area contributed by atoms with Crippen molar-refractivity contribution >= 4 is 16.9 Å². The number of benzene rings is 1. The third kappa shape index (κ3) is 4.76. The predicted molar refractivity (Wildman–Crippen MR) is 140 cm³/mol. The fourth-order valence-electron chi connectivity index (χ4n) is 5.52. The van der Waals surface area contributed by atoms with Crippen molar-refractivity contribution in [1.29, 1.82) is 0 Å². The highest BCUT2D eigenvalue weighted by molar-refractivity contribution is 5.91. The number of pyridine rings is 1. The average molecular weight is 503 g/mol. The summed E-state index contributed by atoms with van der Waals surface area (Å²) < 4.78 is 13.6. The number of nitrogens with one attached hydrogen (secondary N) is 1. The number of piperazine rings is 1. The van der Waals surface area contributed by atoms with E-state index in [0.717, 1.165) is 59.7 Å². The van der Waals surface area contributed by atoms with Gasteiger partial charge in [-0.3, -0.25) is 4.90 Å². The van der Waals surface area contributed by atoms with Crippen LogP contribution < -0.4 is 4.90 Å². The molecule has 0 saturated carbocycles. The van der Waals surface area contributed by atoms with Gasteiger partial charge in [-0.05, 0) is 69.5 Å². The van der Waals surface area contributed by atoms with Crippen LogP contribution in [-0.2, 0) is 13.0 Å². The van der Waals surface area contributed by atoms with E-state index in [-0.39, 0.29) is 11.6 Å². The minimum Gasteiger partial charge on any atom is -0.508 e. The molecule has 1 aromatic carbocycles. The highest BCUT2D eigenvalue weighted by Crippen LogP contribution is 2.37. The molecule has 2 bridgehead atoms. The first kappa shape index (κ1) is 23.8. The van der Waals surface area contributed by atoms with Gasteiger partial charge in [0.1, 0.15) is 29.4 Å². The number of fused-ring (bicyclic) bond motifs is 3. The lowest BCUT2D eigenvalue weighted by atomic mass is 9.86. The van der Waals surface area contributed by atoms with Gasteiger partial charge in [-0.1, -0.05) is 0 Å². The van der Waals surface area contributed by atoms with Gasteiger partial charge in [0.05, 0.1) is 11.3 Å². The summed E-state index contributed by atoms with van der Waals surface area (Å²) in [6.45, 7) is 5.87. The summed E-state index contributed by atoms with van der Waals surface area (Å²) in [7, 11) is 0. The zero-order chi connectivity index (χ0) is 25.7. The van der Waals surface area contributed by atoms with Crippen molar-refractivity contribution in [2.45, 2.75) is 57.3 Å². The number of aromatic nitrogens is 4. The van der Waals surface area contributed by atoms with Crippen LogP contribution in [0.15, 0.2) is 48.9 Å². The molecule has 6 heterocycles. The van der Waals surface area contributed by atoms with Crippen molar-refractivity contribution in [1.82, 2.24) is 24.8 Å². The Hall–Kier alpha value is -3.56. The zero-order valence-electron chi connectivity index (χ0n) is 21.0. The van der Waals surface area contributed by atoms with Gasteiger partial charge in [-0.2, -0.15) is 0 Å². The molecule has 0 aliphatic carbocycles. The highest BCUT2D eigenvalue weighted by Gasteiger charge is 2.44. The number of halogens is 1. The van der Waals surface area contributed by atoms with E-state index in [1.165, 1.54) is 18.2 Å². The molecule has 3 N–H and O–H groups in total. The largest absolute Gasteiger partial charge is 0.508 e. The van der Waals surface area contributed by atoms with E-state index >= 15 is 0 Å². The van der Waals surface area contributed by atoms with Gasteiger partial charge >= 0.3 is 0 Å². The first-order chi connectivity index (χ1) is 17.7. The Morgan fingerprint density at radius 2 is 1.89 bits per heavy atom. The topological polar surface area (TPSA) is 101 Å². The Morgan fingerprint density at radius 1 is 1.08 bits per heavy atom. The summed E-state index contributed by atoms with van der Waals surface area (Å²) >= 11 is 0. The van der Waals surface area contributed by atoms with Gasteiger partial charge in [-0.15, -0.1) is 0 Å². The number of anilines is 1. The van der Waals surface area contributed by atoms with Crippen molar-refractivity contribution < 1.29 is 14.6 Å². The number of aryl methyl sites for hydroxylation is 1. The Kier molecular flexibility index (Phi) is 5.84. The van der Waals surface area contributed by atoms with E-state index in [1.807, 2.05) is 26.1 Å². The van der Waals surface area contributed by atoms with Crippen molar-refractivity contribution in [3.63, 3.8) is 0 Å². The van der Waals surface area contributed by atoms with Gasteiger partial charge in [0.15, 0.2) is 0 Å². The Labute approximate surface area is 214 Å². The number of phenols is 1. The van der Waals surface area contributed by atoms with Crippen LogP contribution in [0.1, 0.15) is 37.9 Å². The molecule has 3 saturated heterocycles. The lowest BCUT2D eigenvalue weighted by Gasteiger charge is -2.56. The van der Waals surface area contributed by atoms with Gasteiger partial charge in [-0.25, -0.2) is 19.3 Å². The van der Waals surface area contributed by atoms with Gasteiger partial charge < -0.3 is 20.1 Å². The standard InChI is InChI=1S/C28H31FN6O2/c1-28(2,37)8-7-20-10-23-26(31-16-32-27(23)33-20)17-3-6-25(30-12-17)34-14-21-11-22(15-34)35(21)13-18-9-19(29)4-5-24(18)36/h3-6,9-10,12,16,21-22,36-37H,7-8,11,13-15H2,1-2H3,(H,31,32,33). The lowest BCUT2D eigenvalue weighted by Crippen LogP contribution is -2.68. The number of aliphatic hydroxyl groups is 1. The second-order valence-corrected chi connectivity index (χ2v) is 10.9. The molecule has 7 rings (SSSR count). The lowest BCUT2D eigenvalue weighted by molar-refractivity contribution is -0.00921. The maximum Gasteiger partial charge on any atom is 0.141 e. The third-order valence-corrected chi connectivity index (χ3v) is 7.57. The number of rotatable bonds is 7. The molecule has 0 radical (unpaired) electrons. The summed E-state index contributed by atoms with van der Waals surface area (Å²) in [5.74, 6) is 0.748. The van der Waals surface area contributed by atoms with Crippen molar-refractivity contribution in [2.24, 2.45) is 0 Å². The van der Waals surface area contributed by atoms with Crippen LogP contribution in [0.3, 0.4) is 0 Å². The Balaban J connectivity index is 1.15. The summed E-state index contributed by atoms with van der Waals surface area (Å²) in [6, 6.07) is 11.0. The first-order valence-corrected chi connectivity index (χ1v) is 12.7. The van der Waals surface area contributed by atoms with Crippen molar-refractivity contribution in [2.75, 3.05) is 18.0 Å². The molecule has 3 fully saturated rings. The van der Waals surface area contributed by atoms with E-state index in [2.05, 4.69) is 36.9 Å². The number of aromatic hydroxyl groups is 1. The molecule has 3 aliphatic rings. The molecule has 192 valence electrons. The van der Waals surface area contributed by atoms with Gasteiger partial charge in [0.25, 0.3) is 0 Å². The van der Waals surface area contributed by atoms with Crippen LogP contribution in [0, 0.1) is 5.82 Å². The molecule has 3 aliphatic heterocycles. The first-order valence-electron chi connectivity index (χ1n) is 12.7. The monoisotopic (exact) mass is 502 g/mol. The van der Waals surface area contributed by atoms with E-state index in [9.17, 15) is 14.6 Å². The summed E-state index contributed by atoms with van der Waals surface area (Å²) in [5, 5.41) is 21.1. The predicted octanol–water partition coefficient (Wildman–Crippen LogP) is 4.03. The number of H-pyrrole nitrogens is 1. The summed E-state index contributed by atoms with van der Waals surface area (Å²) in [4.78, 5) is 21.7. The molecule has 8 nitrogen and oxygen atoms in total. The van der Waals surface area contributed by atoms with Crippen LogP contribution in [0.4, 0.5) is 10.2 Å². The van der Waals surface area contributed by atoms with E-state index in [0.29, 0.717) is 30.6 Å². The second kappa shape index (κ2) is 9.08. The van der Waals surface area contributed by atoms with E-state index < -0.39 is 5.60 Å². The molecule has 2 atom stereocenters. The second-order valence-electron chi connectivity index (χ2n) is 10.9. The average Bonchev–Trinajstić information content (AvgIpc) is 3.31. The van der Waals surface area contributed by atoms with E-state index in [4.69, 9.17) is 4.98 Å². The van der Waals surface area contributed by atoms with Crippen LogP contribution in [-0.4, -0.2) is 65.8 Å². The zero-order valence-corrected chi connectivity index (χ0v) is 21.0. The highest BCUT2D eigenvalue weighted by atomic mass is 19.1. The molecule has 37 heavy (non-hydrogen) atoms. The molecular weight excluding hydrogens is 471 g/mol. The Morgan fingerprint density at radius 3 is 2.62 bits per heavy atom.